The monoisotopic (exact) mass is 317 g/mol. The molecule has 0 radical (unpaired) electrons. The Balaban J connectivity index is 0.000001000. The number of benzene rings is 1. The highest BCUT2D eigenvalue weighted by atomic mass is 35.5. The van der Waals surface area contributed by atoms with Gasteiger partial charge in [0, 0.05) is 37.9 Å². The van der Waals surface area contributed by atoms with Crippen LogP contribution in [0.2, 0.25) is 0 Å². The molecule has 1 aromatic carbocycles. The number of fused-ring (bicyclic) bond motifs is 1. The number of rotatable bonds is 2. The fourth-order valence-electron chi connectivity index (χ4n) is 3.31. The average molecular weight is 318 g/mol. The van der Waals surface area contributed by atoms with Crippen LogP contribution in [-0.4, -0.2) is 42.0 Å². The van der Waals surface area contributed by atoms with E-state index in [1.165, 1.54) is 51.0 Å². The summed E-state index contributed by atoms with van der Waals surface area (Å²) in [7, 11) is 0. The number of hydrogen-bond acceptors (Lipinski definition) is 3. The maximum atomic E-state index is 5.84. The number of piperazine rings is 1. The zero-order valence-corrected chi connectivity index (χ0v) is 13.5. The van der Waals surface area contributed by atoms with Crippen LogP contribution in [0.3, 0.4) is 0 Å². The van der Waals surface area contributed by atoms with Gasteiger partial charge in [-0.3, -0.25) is 9.80 Å². The quantitative estimate of drug-likeness (QED) is 0.851. The van der Waals surface area contributed by atoms with Crippen molar-refractivity contribution in [1.82, 2.24) is 9.80 Å². The normalized spacial score (nSPS) is 23.3. The van der Waals surface area contributed by atoms with E-state index in [0.717, 1.165) is 18.3 Å². The highest BCUT2D eigenvalue weighted by Crippen LogP contribution is 2.22. The summed E-state index contributed by atoms with van der Waals surface area (Å²) in [6.07, 6.45) is 4.19. The molecule has 1 atom stereocenters. The van der Waals surface area contributed by atoms with E-state index in [1.54, 1.807) is 0 Å². The van der Waals surface area contributed by atoms with Gasteiger partial charge in [-0.15, -0.1) is 24.8 Å². The Hall–Kier alpha value is -0.480. The Kier molecular flexibility index (Phi) is 7.10. The van der Waals surface area contributed by atoms with Gasteiger partial charge in [-0.2, -0.15) is 0 Å². The van der Waals surface area contributed by atoms with Gasteiger partial charge in [0.05, 0.1) is 0 Å². The average Bonchev–Trinajstić information content (AvgIpc) is 2.39. The molecule has 3 rings (SSSR count). The first-order valence-electron chi connectivity index (χ1n) is 7.12. The van der Waals surface area contributed by atoms with Crippen LogP contribution >= 0.6 is 24.8 Å². The third-order valence-corrected chi connectivity index (χ3v) is 4.28. The zero-order valence-electron chi connectivity index (χ0n) is 11.8. The maximum Gasteiger partial charge on any atom is 0.0317 e. The molecule has 2 saturated heterocycles. The van der Waals surface area contributed by atoms with Crippen molar-refractivity contribution in [2.75, 3.05) is 31.9 Å². The Labute approximate surface area is 134 Å². The first-order chi connectivity index (χ1) is 8.81. The molecule has 5 heteroatoms. The molecule has 2 aliphatic rings. The number of hydrogen-bond donors (Lipinski definition) is 1. The highest BCUT2D eigenvalue weighted by molar-refractivity contribution is 5.85. The van der Waals surface area contributed by atoms with Crippen molar-refractivity contribution < 1.29 is 0 Å². The van der Waals surface area contributed by atoms with Crippen molar-refractivity contribution in [3.05, 3.63) is 29.8 Å². The molecule has 0 aliphatic carbocycles. The molecule has 1 unspecified atom stereocenters. The van der Waals surface area contributed by atoms with Crippen molar-refractivity contribution in [1.29, 1.82) is 0 Å². The summed E-state index contributed by atoms with van der Waals surface area (Å²) in [6.45, 7) is 6.04. The van der Waals surface area contributed by atoms with Gasteiger partial charge in [0.2, 0.25) is 0 Å². The summed E-state index contributed by atoms with van der Waals surface area (Å²) in [5.41, 5.74) is 8.07. The lowest BCUT2D eigenvalue weighted by Gasteiger charge is -2.44. The van der Waals surface area contributed by atoms with E-state index < -0.39 is 0 Å². The molecule has 2 aliphatic heterocycles. The number of nitrogen functional groups attached to an aromatic ring is 1. The van der Waals surface area contributed by atoms with Crippen LogP contribution < -0.4 is 5.73 Å². The van der Waals surface area contributed by atoms with E-state index in [2.05, 4.69) is 28.0 Å². The van der Waals surface area contributed by atoms with Gasteiger partial charge < -0.3 is 5.73 Å². The summed E-state index contributed by atoms with van der Waals surface area (Å²) in [5, 5.41) is 0. The van der Waals surface area contributed by atoms with Crippen molar-refractivity contribution in [2.24, 2.45) is 0 Å². The smallest absolute Gasteiger partial charge is 0.0317 e. The van der Waals surface area contributed by atoms with Crippen LogP contribution in [0.25, 0.3) is 0 Å². The van der Waals surface area contributed by atoms with Crippen LogP contribution in [0.15, 0.2) is 24.3 Å². The third-order valence-electron chi connectivity index (χ3n) is 4.28. The Morgan fingerprint density at radius 3 is 2.75 bits per heavy atom. The van der Waals surface area contributed by atoms with E-state index in [9.17, 15) is 0 Å². The first kappa shape index (κ1) is 17.6. The summed E-state index contributed by atoms with van der Waals surface area (Å²) in [4.78, 5) is 5.26. The largest absolute Gasteiger partial charge is 0.399 e. The lowest BCUT2D eigenvalue weighted by molar-refractivity contribution is 0.0457. The molecule has 2 heterocycles. The molecular weight excluding hydrogens is 293 g/mol. The van der Waals surface area contributed by atoms with E-state index >= 15 is 0 Å². The molecule has 20 heavy (non-hydrogen) atoms. The standard InChI is InChI=1S/C15H23N3.2ClH/c16-14-5-3-4-13(10-14)11-17-8-9-18-7-2-1-6-15(18)12-17;;/h3-5,10,15H,1-2,6-9,11-12,16H2;2*1H. The van der Waals surface area contributed by atoms with Gasteiger partial charge in [0.25, 0.3) is 0 Å². The van der Waals surface area contributed by atoms with Crippen LogP contribution in [0, 0.1) is 0 Å². The molecule has 0 spiro atoms. The lowest BCUT2D eigenvalue weighted by Crippen LogP contribution is -2.54. The van der Waals surface area contributed by atoms with E-state index in [-0.39, 0.29) is 24.8 Å². The minimum atomic E-state index is 0. The molecule has 114 valence electrons. The number of piperidine rings is 1. The van der Waals surface area contributed by atoms with E-state index in [4.69, 9.17) is 5.73 Å². The van der Waals surface area contributed by atoms with Crippen LogP contribution in [-0.2, 0) is 6.54 Å². The Bertz CT molecular complexity index is 414. The van der Waals surface area contributed by atoms with Gasteiger partial charge in [0.1, 0.15) is 0 Å². The van der Waals surface area contributed by atoms with Gasteiger partial charge >= 0.3 is 0 Å². The molecule has 0 amide bonds. The van der Waals surface area contributed by atoms with Gasteiger partial charge in [0.15, 0.2) is 0 Å². The second kappa shape index (κ2) is 8.08. The molecule has 0 bridgehead atoms. The highest BCUT2D eigenvalue weighted by Gasteiger charge is 2.28. The van der Waals surface area contributed by atoms with Crippen molar-refractivity contribution >= 4 is 30.5 Å². The molecule has 0 aromatic heterocycles. The topological polar surface area (TPSA) is 32.5 Å². The van der Waals surface area contributed by atoms with Crippen molar-refractivity contribution in [2.45, 2.75) is 31.8 Å². The van der Waals surface area contributed by atoms with Crippen LogP contribution in [0.5, 0.6) is 0 Å². The van der Waals surface area contributed by atoms with Crippen LogP contribution in [0.1, 0.15) is 24.8 Å². The van der Waals surface area contributed by atoms with E-state index in [1.807, 2.05) is 6.07 Å². The Morgan fingerprint density at radius 1 is 1.10 bits per heavy atom. The van der Waals surface area contributed by atoms with Gasteiger partial charge in [-0.25, -0.2) is 0 Å². The molecule has 0 saturated carbocycles. The Morgan fingerprint density at radius 2 is 1.95 bits per heavy atom. The summed E-state index contributed by atoms with van der Waals surface area (Å²) in [5.74, 6) is 0. The summed E-state index contributed by atoms with van der Waals surface area (Å²) < 4.78 is 0. The van der Waals surface area contributed by atoms with E-state index in [0.29, 0.717) is 0 Å². The second-order valence-electron chi connectivity index (χ2n) is 5.67. The van der Waals surface area contributed by atoms with Gasteiger partial charge in [-0.05, 0) is 37.1 Å². The maximum absolute atomic E-state index is 5.84. The minimum absolute atomic E-state index is 0. The fraction of sp³-hybridized carbons (Fsp3) is 0.600. The minimum Gasteiger partial charge on any atom is -0.399 e. The molecule has 1 aromatic rings. The van der Waals surface area contributed by atoms with Crippen molar-refractivity contribution in [3.8, 4) is 0 Å². The summed E-state index contributed by atoms with van der Waals surface area (Å²) >= 11 is 0. The molecule has 2 N–H and O–H groups in total. The first-order valence-corrected chi connectivity index (χ1v) is 7.12. The van der Waals surface area contributed by atoms with Crippen LogP contribution in [0.4, 0.5) is 5.69 Å². The number of nitrogens with two attached hydrogens (primary N) is 1. The zero-order chi connectivity index (χ0) is 12.4. The third kappa shape index (κ3) is 4.26. The predicted octanol–water partition coefficient (Wildman–Crippen LogP) is 2.78. The fourth-order valence-corrected chi connectivity index (χ4v) is 3.31. The molecular formula is C15H25Cl2N3. The summed E-state index contributed by atoms with van der Waals surface area (Å²) in [6, 6.07) is 9.11. The number of halogens is 2. The number of nitrogens with zero attached hydrogens (tertiary/aromatic N) is 2. The molecule has 2 fully saturated rings. The molecule has 3 nitrogen and oxygen atoms in total. The van der Waals surface area contributed by atoms with Crippen molar-refractivity contribution in [3.63, 3.8) is 0 Å². The SMILES string of the molecule is Cl.Cl.Nc1cccc(CN2CCN3CCCCC3C2)c1. The van der Waals surface area contributed by atoms with Gasteiger partial charge in [-0.1, -0.05) is 18.6 Å². The number of anilines is 1. The second-order valence-corrected chi connectivity index (χ2v) is 5.67. The lowest BCUT2D eigenvalue weighted by atomic mass is 9.99. The predicted molar refractivity (Wildman–Crippen MR) is 89.8 cm³/mol.